The van der Waals surface area contributed by atoms with E-state index in [0.717, 1.165) is 30.2 Å². The molecule has 3 nitrogen and oxygen atoms in total. The molecule has 0 atom stereocenters. The van der Waals surface area contributed by atoms with Crippen molar-refractivity contribution in [3.05, 3.63) is 35.2 Å². The normalized spacial score (nSPS) is 10.1. The summed E-state index contributed by atoms with van der Waals surface area (Å²) < 4.78 is 0. The number of anilines is 3. The molecule has 2 heterocycles. The zero-order valence-electron chi connectivity index (χ0n) is 9.23. The van der Waals surface area contributed by atoms with E-state index in [0.29, 0.717) is 0 Å². The van der Waals surface area contributed by atoms with Gasteiger partial charge < -0.3 is 10.6 Å². The number of nitrogens with zero attached hydrogens (tertiary/aromatic N) is 1. The van der Waals surface area contributed by atoms with Gasteiger partial charge in [-0.25, -0.2) is 4.98 Å². The first kappa shape index (κ1) is 11.0. The Balaban J connectivity index is 2.04. The fourth-order valence-corrected chi connectivity index (χ4v) is 1.95. The lowest BCUT2D eigenvalue weighted by Crippen LogP contribution is -2.02. The third-order valence-electron chi connectivity index (χ3n) is 2.13. The number of aromatic nitrogens is 1. The van der Waals surface area contributed by atoms with Crippen molar-refractivity contribution in [3.8, 4) is 0 Å². The summed E-state index contributed by atoms with van der Waals surface area (Å²) in [7, 11) is 0. The van der Waals surface area contributed by atoms with E-state index >= 15 is 0 Å². The highest BCUT2D eigenvalue weighted by atomic mass is 32.1. The van der Waals surface area contributed by atoms with Gasteiger partial charge >= 0.3 is 0 Å². The van der Waals surface area contributed by atoms with Gasteiger partial charge in [0.15, 0.2) is 0 Å². The van der Waals surface area contributed by atoms with Gasteiger partial charge in [0.1, 0.15) is 5.82 Å². The smallest absolute Gasteiger partial charge is 0.127 e. The largest absolute Gasteiger partial charge is 0.370 e. The van der Waals surface area contributed by atoms with Crippen molar-refractivity contribution in [1.29, 1.82) is 0 Å². The molecule has 0 spiro atoms. The molecule has 0 aliphatic rings. The molecule has 0 aliphatic carbocycles. The molecule has 2 aromatic heterocycles. The summed E-state index contributed by atoms with van der Waals surface area (Å²) in [5, 5.41) is 10.7. The Hall–Kier alpha value is -1.55. The summed E-state index contributed by atoms with van der Waals surface area (Å²) in [6, 6.07) is 6.05. The second kappa shape index (κ2) is 5.51. The van der Waals surface area contributed by atoms with Crippen LogP contribution in [0.5, 0.6) is 0 Å². The van der Waals surface area contributed by atoms with Gasteiger partial charge in [0.25, 0.3) is 0 Å². The maximum absolute atomic E-state index is 4.26. The van der Waals surface area contributed by atoms with Crippen LogP contribution in [0.3, 0.4) is 0 Å². The molecule has 84 valence electrons. The van der Waals surface area contributed by atoms with Crippen LogP contribution in [0.15, 0.2) is 35.2 Å². The maximum atomic E-state index is 4.26. The summed E-state index contributed by atoms with van der Waals surface area (Å²) >= 11 is 1.68. The third kappa shape index (κ3) is 2.97. The molecule has 0 aromatic carbocycles. The van der Waals surface area contributed by atoms with Crippen LogP contribution >= 0.6 is 11.3 Å². The highest BCUT2D eigenvalue weighted by Gasteiger charge is 1.97. The zero-order valence-corrected chi connectivity index (χ0v) is 10.1. The van der Waals surface area contributed by atoms with Gasteiger partial charge in [-0.1, -0.05) is 6.92 Å². The standard InChI is InChI=1S/C12H15N3S/c1-2-5-13-12-8-10(3-6-14-12)15-11-4-7-16-9-11/h3-4,6-9H,2,5H2,1H3,(H2,13,14,15). The van der Waals surface area contributed by atoms with Crippen LogP contribution in [0.4, 0.5) is 17.2 Å². The fourth-order valence-electron chi connectivity index (χ4n) is 1.36. The minimum absolute atomic E-state index is 0.919. The molecule has 0 aliphatic heterocycles. The van der Waals surface area contributed by atoms with Gasteiger partial charge in [0.2, 0.25) is 0 Å². The van der Waals surface area contributed by atoms with E-state index in [1.54, 1.807) is 11.3 Å². The molecular formula is C12H15N3S. The number of hydrogen-bond acceptors (Lipinski definition) is 4. The lowest BCUT2D eigenvalue weighted by Gasteiger charge is -2.07. The van der Waals surface area contributed by atoms with E-state index in [1.807, 2.05) is 18.3 Å². The van der Waals surface area contributed by atoms with Crippen molar-refractivity contribution in [1.82, 2.24) is 4.98 Å². The van der Waals surface area contributed by atoms with Crippen LogP contribution in [-0.2, 0) is 0 Å². The van der Waals surface area contributed by atoms with Crippen LogP contribution < -0.4 is 10.6 Å². The van der Waals surface area contributed by atoms with Crippen LogP contribution in [0, 0.1) is 0 Å². The summed E-state index contributed by atoms with van der Waals surface area (Å²) in [5.41, 5.74) is 2.18. The van der Waals surface area contributed by atoms with Crippen LogP contribution in [0.2, 0.25) is 0 Å². The summed E-state index contributed by atoms with van der Waals surface area (Å²) in [6.07, 6.45) is 2.91. The van der Waals surface area contributed by atoms with E-state index in [1.165, 1.54) is 0 Å². The quantitative estimate of drug-likeness (QED) is 0.826. The zero-order chi connectivity index (χ0) is 11.2. The van der Waals surface area contributed by atoms with Crippen molar-refractivity contribution >= 4 is 28.5 Å². The van der Waals surface area contributed by atoms with Gasteiger partial charge in [-0.3, -0.25) is 0 Å². The van der Waals surface area contributed by atoms with E-state index in [9.17, 15) is 0 Å². The minimum atomic E-state index is 0.919. The molecule has 0 saturated heterocycles. The topological polar surface area (TPSA) is 37.0 Å². The first-order valence-electron chi connectivity index (χ1n) is 5.37. The minimum Gasteiger partial charge on any atom is -0.370 e. The second-order valence-electron chi connectivity index (χ2n) is 3.49. The molecule has 2 aromatic rings. The van der Waals surface area contributed by atoms with E-state index in [-0.39, 0.29) is 0 Å². The number of nitrogens with one attached hydrogen (secondary N) is 2. The number of pyridine rings is 1. The Morgan fingerprint density at radius 3 is 3.00 bits per heavy atom. The third-order valence-corrected chi connectivity index (χ3v) is 2.81. The van der Waals surface area contributed by atoms with E-state index in [4.69, 9.17) is 0 Å². The van der Waals surface area contributed by atoms with Crippen LogP contribution in [0.25, 0.3) is 0 Å². The molecule has 2 N–H and O–H groups in total. The lowest BCUT2D eigenvalue weighted by atomic mass is 10.3. The van der Waals surface area contributed by atoms with Crippen molar-refractivity contribution in [2.45, 2.75) is 13.3 Å². The number of hydrogen-bond donors (Lipinski definition) is 2. The van der Waals surface area contributed by atoms with Gasteiger partial charge in [-0.15, -0.1) is 0 Å². The summed E-state index contributed by atoms with van der Waals surface area (Å²) in [5.74, 6) is 0.919. The SMILES string of the molecule is CCCNc1cc(Nc2ccsc2)ccn1. The molecule has 0 bridgehead atoms. The van der Waals surface area contributed by atoms with Crippen molar-refractivity contribution in [3.63, 3.8) is 0 Å². The molecule has 0 radical (unpaired) electrons. The van der Waals surface area contributed by atoms with Crippen LogP contribution in [0.1, 0.15) is 13.3 Å². The molecule has 0 unspecified atom stereocenters. The Kier molecular flexibility index (Phi) is 3.77. The van der Waals surface area contributed by atoms with E-state index in [2.05, 4.69) is 39.4 Å². The number of thiophene rings is 1. The first-order valence-corrected chi connectivity index (χ1v) is 6.32. The molecule has 0 fully saturated rings. The molecule has 2 rings (SSSR count). The molecule has 0 amide bonds. The summed E-state index contributed by atoms with van der Waals surface area (Å²) in [4.78, 5) is 4.26. The molecule has 16 heavy (non-hydrogen) atoms. The molecular weight excluding hydrogens is 218 g/mol. The van der Waals surface area contributed by atoms with E-state index < -0.39 is 0 Å². The first-order chi connectivity index (χ1) is 7.88. The van der Waals surface area contributed by atoms with Crippen molar-refractivity contribution < 1.29 is 0 Å². The Bertz CT molecular complexity index is 426. The van der Waals surface area contributed by atoms with Gasteiger partial charge in [-0.05, 0) is 23.9 Å². The van der Waals surface area contributed by atoms with Crippen molar-refractivity contribution in [2.75, 3.05) is 17.2 Å². The Morgan fingerprint density at radius 2 is 2.25 bits per heavy atom. The second-order valence-corrected chi connectivity index (χ2v) is 4.27. The predicted molar refractivity (Wildman–Crippen MR) is 70.6 cm³/mol. The number of rotatable bonds is 5. The maximum Gasteiger partial charge on any atom is 0.127 e. The van der Waals surface area contributed by atoms with Crippen molar-refractivity contribution in [2.24, 2.45) is 0 Å². The average molecular weight is 233 g/mol. The monoisotopic (exact) mass is 233 g/mol. The van der Waals surface area contributed by atoms with Crippen LogP contribution in [-0.4, -0.2) is 11.5 Å². The highest BCUT2D eigenvalue weighted by molar-refractivity contribution is 7.08. The Labute approximate surface area is 99.5 Å². The molecule has 0 saturated carbocycles. The average Bonchev–Trinajstić information content (AvgIpc) is 2.80. The predicted octanol–water partition coefficient (Wildman–Crippen LogP) is 3.71. The van der Waals surface area contributed by atoms with Gasteiger partial charge in [-0.2, -0.15) is 11.3 Å². The highest BCUT2D eigenvalue weighted by Crippen LogP contribution is 2.20. The fraction of sp³-hybridized carbons (Fsp3) is 0.250. The molecule has 4 heteroatoms. The summed E-state index contributed by atoms with van der Waals surface area (Å²) in [6.45, 7) is 3.09. The Morgan fingerprint density at radius 1 is 1.31 bits per heavy atom. The lowest BCUT2D eigenvalue weighted by molar-refractivity contribution is 0.969. The van der Waals surface area contributed by atoms with Gasteiger partial charge in [0.05, 0.1) is 0 Å². The van der Waals surface area contributed by atoms with Gasteiger partial charge in [0, 0.05) is 35.6 Å².